The van der Waals surface area contributed by atoms with Gasteiger partial charge in [0.15, 0.2) is 18.1 Å². The highest BCUT2D eigenvalue weighted by atomic mass is 16.5. The zero-order valence-electron chi connectivity index (χ0n) is 14.0. The summed E-state index contributed by atoms with van der Waals surface area (Å²) in [4.78, 5) is 23.4. The third kappa shape index (κ3) is 5.84. The molecule has 0 aliphatic heterocycles. The first-order chi connectivity index (χ1) is 12.1. The predicted octanol–water partition coefficient (Wildman–Crippen LogP) is 2.28. The SMILES string of the molecule is CCOc1ccccc1OCC(=O)N[C@H](Cc1ccccc1)C(=O)O. The Labute approximate surface area is 146 Å². The van der Waals surface area contributed by atoms with Gasteiger partial charge in [-0.2, -0.15) is 0 Å². The standard InChI is InChI=1S/C19H21NO5/c1-2-24-16-10-6-7-11-17(16)25-13-18(21)20-15(19(22)23)12-14-8-4-3-5-9-14/h3-11,15H,2,12-13H2,1H3,(H,20,21)(H,22,23)/t15-/m1/s1. The summed E-state index contributed by atoms with van der Waals surface area (Å²) in [6, 6.07) is 15.1. The number of hydrogen-bond donors (Lipinski definition) is 2. The molecule has 0 unspecified atom stereocenters. The van der Waals surface area contributed by atoms with Gasteiger partial charge in [0, 0.05) is 6.42 Å². The number of benzene rings is 2. The summed E-state index contributed by atoms with van der Waals surface area (Å²) < 4.78 is 10.9. The number of carbonyl (C=O) groups is 2. The van der Waals surface area contributed by atoms with Crippen LogP contribution in [0.25, 0.3) is 0 Å². The van der Waals surface area contributed by atoms with Crippen LogP contribution in [0.1, 0.15) is 12.5 Å². The molecule has 132 valence electrons. The number of para-hydroxylation sites is 2. The molecule has 25 heavy (non-hydrogen) atoms. The average molecular weight is 343 g/mol. The van der Waals surface area contributed by atoms with Gasteiger partial charge in [0.25, 0.3) is 5.91 Å². The molecule has 0 spiro atoms. The first-order valence-electron chi connectivity index (χ1n) is 8.01. The van der Waals surface area contributed by atoms with Crippen molar-refractivity contribution in [3.63, 3.8) is 0 Å². The molecule has 0 radical (unpaired) electrons. The Bertz CT molecular complexity index is 702. The summed E-state index contributed by atoms with van der Waals surface area (Å²) in [7, 11) is 0. The monoisotopic (exact) mass is 343 g/mol. The van der Waals surface area contributed by atoms with Crippen molar-refractivity contribution in [1.82, 2.24) is 5.32 Å². The van der Waals surface area contributed by atoms with Gasteiger partial charge >= 0.3 is 5.97 Å². The minimum Gasteiger partial charge on any atom is -0.490 e. The summed E-state index contributed by atoms with van der Waals surface area (Å²) in [5.41, 5.74) is 0.831. The first kappa shape index (κ1) is 18.3. The summed E-state index contributed by atoms with van der Waals surface area (Å²) in [6.45, 7) is 2.04. The van der Waals surface area contributed by atoms with Crippen LogP contribution in [0.4, 0.5) is 0 Å². The Balaban J connectivity index is 1.92. The van der Waals surface area contributed by atoms with Crippen molar-refractivity contribution in [2.24, 2.45) is 0 Å². The van der Waals surface area contributed by atoms with Crippen molar-refractivity contribution in [1.29, 1.82) is 0 Å². The van der Waals surface area contributed by atoms with Crippen LogP contribution in [0.3, 0.4) is 0 Å². The fourth-order valence-electron chi connectivity index (χ4n) is 2.27. The van der Waals surface area contributed by atoms with Gasteiger partial charge in [-0.15, -0.1) is 0 Å². The van der Waals surface area contributed by atoms with Gasteiger partial charge in [-0.3, -0.25) is 4.79 Å². The molecule has 1 amide bonds. The Hall–Kier alpha value is -3.02. The molecule has 2 aromatic carbocycles. The van der Waals surface area contributed by atoms with Crippen LogP contribution in [0, 0.1) is 0 Å². The molecular formula is C19H21NO5. The van der Waals surface area contributed by atoms with Gasteiger partial charge in [0.2, 0.25) is 0 Å². The van der Waals surface area contributed by atoms with E-state index in [2.05, 4.69) is 5.32 Å². The van der Waals surface area contributed by atoms with E-state index in [0.717, 1.165) is 5.56 Å². The highest BCUT2D eigenvalue weighted by Crippen LogP contribution is 2.26. The number of nitrogens with one attached hydrogen (secondary N) is 1. The molecule has 0 aliphatic rings. The van der Waals surface area contributed by atoms with Crippen LogP contribution < -0.4 is 14.8 Å². The van der Waals surface area contributed by atoms with E-state index in [9.17, 15) is 14.7 Å². The molecular weight excluding hydrogens is 322 g/mol. The third-order valence-corrected chi connectivity index (χ3v) is 3.42. The smallest absolute Gasteiger partial charge is 0.326 e. The molecule has 2 rings (SSSR count). The fraction of sp³-hybridized carbons (Fsp3) is 0.263. The van der Waals surface area contributed by atoms with Crippen LogP contribution in [-0.2, 0) is 16.0 Å². The molecule has 0 saturated heterocycles. The second-order valence-electron chi connectivity index (χ2n) is 5.32. The molecule has 0 fully saturated rings. The van der Waals surface area contributed by atoms with Gasteiger partial charge in [0.05, 0.1) is 6.61 Å². The minimum atomic E-state index is -1.09. The molecule has 2 aromatic rings. The van der Waals surface area contributed by atoms with Crippen molar-refractivity contribution < 1.29 is 24.2 Å². The third-order valence-electron chi connectivity index (χ3n) is 3.42. The van der Waals surface area contributed by atoms with Crippen molar-refractivity contribution >= 4 is 11.9 Å². The minimum absolute atomic E-state index is 0.206. The highest BCUT2D eigenvalue weighted by Gasteiger charge is 2.20. The fourth-order valence-corrected chi connectivity index (χ4v) is 2.27. The van der Waals surface area contributed by atoms with E-state index in [1.807, 2.05) is 37.3 Å². The van der Waals surface area contributed by atoms with E-state index >= 15 is 0 Å². The number of aliphatic carboxylic acids is 1. The maximum atomic E-state index is 12.1. The first-order valence-corrected chi connectivity index (χ1v) is 8.01. The summed E-state index contributed by atoms with van der Waals surface area (Å²) in [5.74, 6) is -0.618. The maximum Gasteiger partial charge on any atom is 0.326 e. The van der Waals surface area contributed by atoms with E-state index in [1.165, 1.54) is 0 Å². The topological polar surface area (TPSA) is 84.9 Å². The second-order valence-corrected chi connectivity index (χ2v) is 5.32. The van der Waals surface area contributed by atoms with Crippen molar-refractivity contribution in [3.8, 4) is 11.5 Å². The Morgan fingerprint density at radius 2 is 1.60 bits per heavy atom. The summed E-state index contributed by atoms with van der Waals surface area (Å²) in [5, 5.41) is 11.8. The summed E-state index contributed by atoms with van der Waals surface area (Å²) >= 11 is 0. The lowest BCUT2D eigenvalue weighted by molar-refractivity contribution is -0.142. The number of ether oxygens (including phenoxy) is 2. The van der Waals surface area contributed by atoms with Crippen molar-refractivity contribution in [2.75, 3.05) is 13.2 Å². The highest BCUT2D eigenvalue weighted by molar-refractivity contribution is 5.84. The van der Waals surface area contributed by atoms with E-state index < -0.39 is 17.9 Å². The Kier molecular flexibility index (Phi) is 6.83. The van der Waals surface area contributed by atoms with Crippen LogP contribution in [-0.4, -0.2) is 36.2 Å². The Morgan fingerprint density at radius 3 is 2.20 bits per heavy atom. The average Bonchev–Trinajstić information content (AvgIpc) is 2.61. The lowest BCUT2D eigenvalue weighted by Crippen LogP contribution is -2.44. The number of rotatable bonds is 9. The number of hydrogen-bond acceptors (Lipinski definition) is 4. The molecule has 1 atom stereocenters. The van der Waals surface area contributed by atoms with Crippen LogP contribution >= 0.6 is 0 Å². The van der Waals surface area contributed by atoms with Crippen LogP contribution in [0.2, 0.25) is 0 Å². The van der Waals surface area contributed by atoms with Gasteiger partial charge in [0.1, 0.15) is 6.04 Å². The molecule has 0 saturated carbocycles. The quantitative estimate of drug-likeness (QED) is 0.730. The number of carboxylic acids is 1. The number of carbonyl (C=O) groups excluding carboxylic acids is 1. The van der Waals surface area contributed by atoms with Gasteiger partial charge in [-0.1, -0.05) is 42.5 Å². The molecule has 6 heteroatoms. The van der Waals surface area contributed by atoms with E-state index in [0.29, 0.717) is 18.1 Å². The van der Waals surface area contributed by atoms with E-state index in [4.69, 9.17) is 9.47 Å². The normalized spacial score (nSPS) is 11.4. The zero-order valence-corrected chi connectivity index (χ0v) is 14.0. The predicted molar refractivity (Wildman–Crippen MR) is 92.8 cm³/mol. The Morgan fingerprint density at radius 1 is 1.00 bits per heavy atom. The number of carboxylic acid groups (broad SMARTS) is 1. The largest absolute Gasteiger partial charge is 0.490 e. The molecule has 0 bridgehead atoms. The van der Waals surface area contributed by atoms with Crippen LogP contribution in [0.5, 0.6) is 11.5 Å². The lowest BCUT2D eigenvalue weighted by Gasteiger charge is -2.16. The van der Waals surface area contributed by atoms with E-state index in [-0.39, 0.29) is 13.0 Å². The molecule has 0 aliphatic carbocycles. The maximum absolute atomic E-state index is 12.1. The van der Waals surface area contributed by atoms with Crippen molar-refractivity contribution in [3.05, 3.63) is 60.2 Å². The van der Waals surface area contributed by atoms with Crippen LogP contribution in [0.15, 0.2) is 54.6 Å². The number of amides is 1. The summed E-state index contributed by atoms with van der Waals surface area (Å²) in [6.07, 6.45) is 0.206. The van der Waals surface area contributed by atoms with E-state index in [1.54, 1.807) is 24.3 Å². The van der Waals surface area contributed by atoms with Gasteiger partial charge in [-0.25, -0.2) is 4.79 Å². The molecule has 6 nitrogen and oxygen atoms in total. The molecule has 2 N–H and O–H groups in total. The molecule has 0 aromatic heterocycles. The van der Waals surface area contributed by atoms with Crippen molar-refractivity contribution in [2.45, 2.75) is 19.4 Å². The lowest BCUT2D eigenvalue weighted by atomic mass is 10.1. The van der Waals surface area contributed by atoms with Gasteiger partial charge in [-0.05, 0) is 24.6 Å². The zero-order chi connectivity index (χ0) is 18.1. The second kappa shape index (κ2) is 9.32. The molecule has 0 heterocycles. The van der Waals surface area contributed by atoms with Gasteiger partial charge < -0.3 is 19.9 Å².